The van der Waals surface area contributed by atoms with E-state index >= 15 is 0 Å². The van der Waals surface area contributed by atoms with Gasteiger partial charge in [0.05, 0.1) is 13.2 Å². The van der Waals surface area contributed by atoms with E-state index in [2.05, 4.69) is 11.9 Å². The maximum atomic E-state index is 11.4. The molecule has 0 heterocycles. The Morgan fingerprint density at radius 3 is 2.75 bits per heavy atom. The highest BCUT2D eigenvalue weighted by Gasteiger charge is 2.09. The zero-order valence-corrected chi connectivity index (χ0v) is 10.7. The van der Waals surface area contributed by atoms with Gasteiger partial charge in [0.1, 0.15) is 0 Å². The molecule has 0 saturated heterocycles. The van der Waals surface area contributed by atoms with E-state index < -0.39 is 0 Å². The quantitative estimate of drug-likeness (QED) is 0.473. The van der Waals surface area contributed by atoms with Gasteiger partial charge in [-0.1, -0.05) is 6.08 Å². The van der Waals surface area contributed by atoms with Gasteiger partial charge in [0.2, 0.25) is 5.91 Å². The van der Waals surface area contributed by atoms with Gasteiger partial charge in [0.15, 0.2) is 0 Å². The van der Waals surface area contributed by atoms with Crippen LogP contribution in [-0.2, 0) is 9.53 Å². The lowest BCUT2D eigenvalue weighted by Crippen LogP contribution is -2.35. The number of ether oxygens (including phenoxy) is 1. The zero-order chi connectivity index (χ0) is 12.4. The Morgan fingerprint density at radius 2 is 2.19 bits per heavy atom. The van der Waals surface area contributed by atoms with Gasteiger partial charge in [0.25, 0.3) is 0 Å². The number of amides is 1. The molecule has 94 valence electrons. The molecule has 4 heteroatoms. The number of hydrogen-bond acceptors (Lipinski definition) is 3. The van der Waals surface area contributed by atoms with Gasteiger partial charge in [0, 0.05) is 33.1 Å². The van der Waals surface area contributed by atoms with Gasteiger partial charge in [-0.15, -0.1) is 6.58 Å². The first-order chi connectivity index (χ1) is 7.57. The number of nitrogens with one attached hydrogen (secondary N) is 1. The van der Waals surface area contributed by atoms with Crippen LogP contribution in [0, 0.1) is 0 Å². The average Bonchev–Trinajstić information content (AvgIpc) is 2.23. The van der Waals surface area contributed by atoms with Crippen LogP contribution in [0.15, 0.2) is 12.7 Å². The van der Waals surface area contributed by atoms with Crippen molar-refractivity contribution in [3.05, 3.63) is 12.7 Å². The van der Waals surface area contributed by atoms with Gasteiger partial charge in [-0.05, 0) is 13.3 Å². The van der Waals surface area contributed by atoms with Crippen LogP contribution in [0.2, 0.25) is 0 Å². The van der Waals surface area contributed by atoms with Crippen molar-refractivity contribution in [2.45, 2.75) is 25.8 Å². The molecule has 0 aliphatic heterocycles. The number of nitrogens with zero attached hydrogens (tertiary/aromatic N) is 1. The fourth-order valence-electron chi connectivity index (χ4n) is 1.16. The van der Waals surface area contributed by atoms with Crippen LogP contribution in [0.5, 0.6) is 0 Å². The topological polar surface area (TPSA) is 41.6 Å². The Hall–Kier alpha value is -0.870. The Kier molecular flexibility index (Phi) is 8.85. The minimum absolute atomic E-state index is 0.146. The molecule has 0 aliphatic rings. The predicted molar refractivity (Wildman–Crippen MR) is 66.4 cm³/mol. The van der Waals surface area contributed by atoms with Gasteiger partial charge in [-0.25, -0.2) is 0 Å². The Bertz CT molecular complexity index is 205. The molecule has 0 saturated carbocycles. The lowest BCUT2D eigenvalue weighted by Gasteiger charge is -2.16. The van der Waals surface area contributed by atoms with Gasteiger partial charge in [-0.2, -0.15) is 0 Å². The molecular weight excluding hydrogens is 204 g/mol. The van der Waals surface area contributed by atoms with E-state index in [1.165, 1.54) is 0 Å². The van der Waals surface area contributed by atoms with Crippen molar-refractivity contribution < 1.29 is 9.53 Å². The van der Waals surface area contributed by atoms with Gasteiger partial charge >= 0.3 is 0 Å². The van der Waals surface area contributed by atoms with Crippen molar-refractivity contribution in [1.29, 1.82) is 0 Å². The maximum Gasteiger partial charge on any atom is 0.223 e. The molecule has 1 atom stereocenters. The first kappa shape index (κ1) is 15.1. The summed E-state index contributed by atoms with van der Waals surface area (Å²) in [4.78, 5) is 13.0. The number of carbonyl (C=O) groups is 1. The Balaban J connectivity index is 3.40. The van der Waals surface area contributed by atoms with Crippen LogP contribution >= 0.6 is 0 Å². The lowest BCUT2D eigenvalue weighted by molar-refractivity contribution is -0.129. The van der Waals surface area contributed by atoms with E-state index in [1.807, 2.05) is 13.0 Å². The summed E-state index contributed by atoms with van der Waals surface area (Å²) in [6.45, 7) is 7.79. The molecule has 0 bridgehead atoms. The molecule has 0 aromatic heterocycles. The molecule has 0 spiro atoms. The normalized spacial score (nSPS) is 12.2. The van der Waals surface area contributed by atoms with E-state index in [0.717, 1.165) is 19.6 Å². The summed E-state index contributed by atoms with van der Waals surface area (Å²) in [5.41, 5.74) is 0. The standard InChI is InChI=1S/C12H24N2O2/c1-5-6-8-16-9-7-13-11(2)10-12(15)14(3)4/h5,11,13H,1,6-10H2,2-4H3. The second kappa shape index (κ2) is 9.36. The first-order valence-corrected chi connectivity index (χ1v) is 5.70. The summed E-state index contributed by atoms with van der Waals surface area (Å²) in [5.74, 6) is 0.146. The minimum atomic E-state index is 0.146. The van der Waals surface area contributed by atoms with Gasteiger partial charge in [-0.3, -0.25) is 4.79 Å². The highest BCUT2D eigenvalue weighted by atomic mass is 16.5. The molecule has 1 unspecified atom stereocenters. The van der Waals surface area contributed by atoms with Crippen molar-refractivity contribution in [3.8, 4) is 0 Å². The number of rotatable bonds is 9. The molecule has 1 N–H and O–H groups in total. The highest BCUT2D eigenvalue weighted by molar-refractivity contribution is 5.76. The number of hydrogen-bond donors (Lipinski definition) is 1. The van der Waals surface area contributed by atoms with Crippen LogP contribution in [0.25, 0.3) is 0 Å². The molecule has 4 nitrogen and oxygen atoms in total. The second-order valence-corrected chi connectivity index (χ2v) is 4.04. The maximum absolute atomic E-state index is 11.4. The summed E-state index contributed by atoms with van der Waals surface area (Å²) >= 11 is 0. The van der Waals surface area contributed by atoms with E-state index in [1.54, 1.807) is 19.0 Å². The first-order valence-electron chi connectivity index (χ1n) is 5.70. The summed E-state index contributed by atoms with van der Waals surface area (Å²) in [5, 5.41) is 3.25. The van der Waals surface area contributed by atoms with E-state index in [4.69, 9.17) is 4.74 Å². The fraction of sp³-hybridized carbons (Fsp3) is 0.750. The molecule has 0 aromatic rings. The van der Waals surface area contributed by atoms with Crippen LogP contribution in [-0.4, -0.2) is 50.7 Å². The molecule has 0 fully saturated rings. The van der Waals surface area contributed by atoms with Crippen LogP contribution < -0.4 is 5.32 Å². The third-order valence-corrected chi connectivity index (χ3v) is 2.19. The molecule has 0 aromatic carbocycles. The summed E-state index contributed by atoms with van der Waals surface area (Å²) in [6, 6.07) is 0.193. The lowest BCUT2D eigenvalue weighted by atomic mass is 10.2. The third kappa shape index (κ3) is 8.44. The average molecular weight is 228 g/mol. The van der Waals surface area contributed by atoms with Crippen molar-refractivity contribution in [2.75, 3.05) is 33.9 Å². The van der Waals surface area contributed by atoms with E-state index in [0.29, 0.717) is 13.0 Å². The monoisotopic (exact) mass is 228 g/mol. The molecule has 0 aliphatic carbocycles. The van der Waals surface area contributed by atoms with Crippen molar-refractivity contribution in [3.63, 3.8) is 0 Å². The van der Waals surface area contributed by atoms with E-state index in [-0.39, 0.29) is 11.9 Å². The Morgan fingerprint density at radius 1 is 1.50 bits per heavy atom. The van der Waals surface area contributed by atoms with Crippen molar-refractivity contribution in [2.24, 2.45) is 0 Å². The largest absolute Gasteiger partial charge is 0.380 e. The zero-order valence-electron chi connectivity index (χ0n) is 10.7. The third-order valence-electron chi connectivity index (χ3n) is 2.19. The van der Waals surface area contributed by atoms with Gasteiger partial charge < -0.3 is 15.0 Å². The minimum Gasteiger partial charge on any atom is -0.380 e. The second-order valence-electron chi connectivity index (χ2n) is 4.04. The molecule has 16 heavy (non-hydrogen) atoms. The predicted octanol–water partition coefficient (Wildman–Crippen LogP) is 1.04. The molecule has 1 amide bonds. The van der Waals surface area contributed by atoms with Crippen LogP contribution in [0.3, 0.4) is 0 Å². The Labute approximate surface area is 98.6 Å². The SMILES string of the molecule is C=CCCOCCNC(C)CC(=O)N(C)C. The summed E-state index contributed by atoms with van der Waals surface area (Å²) < 4.78 is 5.35. The highest BCUT2D eigenvalue weighted by Crippen LogP contribution is 1.94. The van der Waals surface area contributed by atoms with Crippen molar-refractivity contribution in [1.82, 2.24) is 10.2 Å². The fourth-order valence-corrected chi connectivity index (χ4v) is 1.16. The van der Waals surface area contributed by atoms with Crippen LogP contribution in [0.1, 0.15) is 19.8 Å². The van der Waals surface area contributed by atoms with Crippen molar-refractivity contribution >= 4 is 5.91 Å². The summed E-state index contributed by atoms with van der Waals surface area (Å²) in [6.07, 6.45) is 3.25. The molecule has 0 radical (unpaired) electrons. The number of carbonyl (C=O) groups excluding carboxylic acids is 1. The molecular formula is C12H24N2O2. The van der Waals surface area contributed by atoms with Crippen LogP contribution in [0.4, 0.5) is 0 Å². The smallest absolute Gasteiger partial charge is 0.223 e. The molecule has 0 rings (SSSR count). The van der Waals surface area contributed by atoms with E-state index in [9.17, 15) is 4.79 Å². The summed E-state index contributed by atoms with van der Waals surface area (Å²) in [7, 11) is 3.54.